The van der Waals surface area contributed by atoms with E-state index in [-0.39, 0.29) is 0 Å². The SMILES string of the molecule is NCC(O)Cc1nc(C2CCC2)cs1. The lowest BCUT2D eigenvalue weighted by Crippen LogP contribution is -2.22. The predicted octanol–water partition coefficient (Wildman–Crippen LogP) is 1.27. The molecule has 1 fully saturated rings. The minimum atomic E-state index is -0.435. The highest BCUT2D eigenvalue weighted by Crippen LogP contribution is 2.36. The molecule has 4 heteroatoms. The van der Waals surface area contributed by atoms with Crippen molar-refractivity contribution < 1.29 is 5.11 Å². The molecule has 1 aromatic heterocycles. The van der Waals surface area contributed by atoms with Crippen LogP contribution in [0.2, 0.25) is 0 Å². The molecule has 3 N–H and O–H groups in total. The zero-order valence-electron chi connectivity index (χ0n) is 8.15. The molecule has 14 heavy (non-hydrogen) atoms. The van der Waals surface area contributed by atoms with Crippen LogP contribution < -0.4 is 5.73 Å². The largest absolute Gasteiger partial charge is 0.391 e. The molecular weight excluding hydrogens is 196 g/mol. The van der Waals surface area contributed by atoms with Crippen LogP contribution in [-0.2, 0) is 6.42 Å². The molecule has 1 atom stereocenters. The summed E-state index contributed by atoms with van der Waals surface area (Å²) < 4.78 is 0. The maximum Gasteiger partial charge on any atom is 0.0954 e. The first-order valence-corrected chi connectivity index (χ1v) is 6.00. The highest BCUT2D eigenvalue weighted by Gasteiger charge is 2.22. The van der Waals surface area contributed by atoms with Crippen LogP contribution in [-0.4, -0.2) is 22.7 Å². The fraction of sp³-hybridized carbons (Fsp3) is 0.700. The van der Waals surface area contributed by atoms with Gasteiger partial charge in [-0.15, -0.1) is 11.3 Å². The maximum absolute atomic E-state index is 9.37. The Balaban J connectivity index is 1.95. The second kappa shape index (κ2) is 4.38. The van der Waals surface area contributed by atoms with E-state index in [0.717, 1.165) is 5.01 Å². The molecule has 1 saturated carbocycles. The van der Waals surface area contributed by atoms with E-state index in [1.807, 2.05) is 0 Å². The quantitative estimate of drug-likeness (QED) is 0.790. The molecule has 0 aliphatic heterocycles. The van der Waals surface area contributed by atoms with E-state index in [1.54, 1.807) is 11.3 Å². The number of aliphatic hydroxyl groups excluding tert-OH is 1. The summed E-state index contributed by atoms with van der Waals surface area (Å²) in [6, 6.07) is 0. The highest BCUT2D eigenvalue weighted by atomic mass is 32.1. The van der Waals surface area contributed by atoms with E-state index in [0.29, 0.717) is 18.9 Å². The van der Waals surface area contributed by atoms with Crippen LogP contribution in [0.4, 0.5) is 0 Å². The van der Waals surface area contributed by atoms with Gasteiger partial charge in [0, 0.05) is 24.3 Å². The van der Waals surface area contributed by atoms with Crippen LogP contribution in [0.5, 0.6) is 0 Å². The fourth-order valence-corrected chi connectivity index (χ4v) is 2.54. The van der Waals surface area contributed by atoms with Gasteiger partial charge in [-0.3, -0.25) is 0 Å². The second-order valence-corrected chi connectivity index (χ2v) is 4.83. The van der Waals surface area contributed by atoms with Crippen LogP contribution in [0, 0.1) is 0 Å². The molecule has 1 unspecified atom stereocenters. The van der Waals surface area contributed by atoms with Gasteiger partial charge in [0.2, 0.25) is 0 Å². The number of aromatic nitrogens is 1. The Kier molecular flexibility index (Phi) is 3.15. The van der Waals surface area contributed by atoms with Crippen molar-refractivity contribution in [3.8, 4) is 0 Å². The zero-order valence-corrected chi connectivity index (χ0v) is 8.96. The molecule has 0 aromatic carbocycles. The smallest absolute Gasteiger partial charge is 0.0954 e. The van der Waals surface area contributed by atoms with E-state index in [1.165, 1.54) is 25.0 Å². The summed E-state index contributed by atoms with van der Waals surface area (Å²) in [5.41, 5.74) is 6.57. The summed E-state index contributed by atoms with van der Waals surface area (Å²) in [6.45, 7) is 0.318. The van der Waals surface area contributed by atoms with Crippen molar-refractivity contribution in [1.82, 2.24) is 4.98 Å². The van der Waals surface area contributed by atoms with Crippen LogP contribution >= 0.6 is 11.3 Å². The lowest BCUT2D eigenvalue weighted by atomic mass is 9.83. The minimum absolute atomic E-state index is 0.318. The van der Waals surface area contributed by atoms with Crippen LogP contribution in [0.3, 0.4) is 0 Å². The topological polar surface area (TPSA) is 59.1 Å². The molecule has 1 aliphatic carbocycles. The van der Waals surface area contributed by atoms with Crippen molar-refractivity contribution >= 4 is 11.3 Å². The van der Waals surface area contributed by atoms with Crippen LogP contribution in [0.25, 0.3) is 0 Å². The second-order valence-electron chi connectivity index (χ2n) is 3.89. The Bertz CT molecular complexity index is 296. The molecule has 1 aliphatic rings. The fourth-order valence-electron chi connectivity index (χ4n) is 1.60. The summed E-state index contributed by atoms with van der Waals surface area (Å²) in [6.07, 6.45) is 4.07. The molecule has 1 aromatic rings. The first-order valence-electron chi connectivity index (χ1n) is 5.12. The Hall–Kier alpha value is -0.450. The summed E-state index contributed by atoms with van der Waals surface area (Å²) >= 11 is 1.64. The third kappa shape index (κ3) is 2.13. The van der Waals surface area contributed by atoms with Crippen molar-refractivity contribution in [1.29, 1.82) is 0 Å². The van der Waals surface area contributed by atoms with Crippen molar-refractivity contribution in [3.63, 3.8) is 0 Å². The van der Waals surface area contributed by atoms with Gasteiger partial charge in [-0.2, -0.15) is 0 Å². The van der Waals surface area contributed by atoms with E-state index in [9.17, 15) is 5.11 Å². The molecule has 2 rings (SSSR count). The standard InChI is InChI=1S/C10H16N2OS/c11-5-8(13)4-10-12-9(6-14-10)7-2-1-3-7/h6-8,13H,1-5,11H2. The monoisotopic (exact) mass is 212 g/mol. The maximum atomic E-state index is 9.37. The van der Waals surface area contributed by atoms with Crippen LogP contribution in [0.1, 0.15) is 35.9 Å². The Labute approximate surface area is 88.0 Å². The predicted molar refractivity (Wildman–Crippen MR) is 57.5 cm³/mol. The summed E-state index contributed by atoms with van der Waals surface area (Å²) in [7, 11) is 0. The van der Waals surface area contributed by atoms with Gasteiger partial charge in [-0.05, 0) is 12.8 Å². The van der Waals surface area contributed by atoms with Crippen LogP contribution in [0.15, 0.2) is 5.38 Å². The highest BCUT2D eigenvalue weighted by molar-refractivity contribution is 7.09. The lowest BCUT2D eigenvalue weighted by Gasteiger charge is -2.23. The summed E-state index contributed by atoms with van der Waals surface area (Å²) in [5, 5.41) is 12.5. The number of rotatable bonds is 4. The van der Waals surface area contributed by atoms with E-state index in [4.69, 9.17) is 5.73 Å². The normalized spacial score (nSPS) is 19.3. The van der Waals surface area contributed by atoms with Gasteiger partial charge in [0.1, 0.15) is 0 Å². The zero-order chi connectivity index (χ0) is 9.97. The number of hydrogen-bond donors (Lipinski definition) is 2. The third-order valence-electron chi connectivity index (χ3n) is 2.78. The van der Waals surface area contributed by atoms with Crippen molar-refractivity contribution in [2.75, 3.05) is 6.54 Å². The minimum Gasteiger partial charge on any atom is -0.391 e. The Morgan fingerprint density at radius 3 is 3.00 bits per heavy atom. The van der Waals surface area contributed by atoms with E-state index in [2.05, 4.69) is 10.4 Å². The number of hydrogen-bond acceptors (Lipinski definition) is 4. The molecule has 1 heterocycles. The molecule has 3 nitrogen and oxygen atoms in total. The first kappa shape index (κ1) is 10.1. The lowest BCUT2D eigenvalue weighted by molar-refractivity contribution is 0.183. The number of nitrogens with two attached hydrogens (primary N) is 1. The van der Waals surface area contributed by atoms with Gasteiger partial charge in [-0.25, -0.2) is 4.98 Å². The average molecular weight is 212 g/mol. The number of nitrogens with zero attached hydrogens (tertiary/aromatic N) is 1. The third-order valence-corrected chi connectivity index (χ3v) is 3.66. The van der Waals surface area contributed by atoms with Crippen molar-refractivity contribution in [2.45, 2.75) is 37.7 Å². The summed E-state index contributed by atoms with van der Waals surface area (Å²) in [5.74, 6) is 0.690. The molecule has 78 valence electrons. The van der Waals surface area contributed by atoms with E-state index < -0.39 is 6.10 Å². The molecular formula is C10H16N2OS. The van der Waals surface area contributed by atoms with Crippen molar-refractivity contribution in [3.05, 3.63) is 16.1 Å². The van der Waals surface area contributed by atoms with Gasteiger partial charge in [0.15, 0.2) is 0 Å². The van der Waals surface area contributed by atoms with Crippen molar-refractivity contribution in [2.24, 2.45) is 5.73 Å². The number of thiazole rings is 1. The number of aliphatic hydroxyl groups is 1. The van der Waals surface area contributed by atoms with Gasteiger partial charge in [0.05, 0.1) is 16.8 Å². The molecule has 0 amide bonds. The Morgan fingerprint density at radius 1 is 1.64 bits per heavy atom. The molecule has 0 saturated heterocycles. The molecule has 0 radical (unpaired) electrons. The van der Waals surface area contributed by atoms with E-state index >= 15 is 0 Å². The first-order chi connectivity index (χ1) is 6.79. The average Bonchev–Trinajstić information content (AvgIpc) is 2.50. The van der Waals surface area contributed by atoms with Gasteiger partial charge < -0.3 is 10.8 Å². The van der Waals surface area contributed by atoms with Gasteiger partial charge in [-0.1, -0.05) is 6.42 Å². The molecule has 0 spiro atoms. The summed E-state index contributed by atoms with van der Waals surface area (Å²) in [4.78, 5) is 4.52. The van der Waals surface area contributed by atoms with Gasteiger partial charge in [0.25, 0.3) is 0 Å². The molecule has 0 bridgehead atoms. The Morgan fingerprint density at radius 2 is 2.43 bits per heavy atom. The van der Waals surface area contributed by atoms with Gasteiger partial charge >= 0.3 is 0 Å².